The standard InChI is InChI=1S/C21H23NO2S/c1-3-18(22-24-2)20-17(11-16-12-19(23)21(20)25-16)15-9-8-13-6-4-5-7-14(13)10-15/h4-10,16,19,21,23H,3,11-12H2,1-2H3/t16?,19?,21-/m0/s1. The van der Waals surface area contributed by atoms with Gasteiger partial charge >= 0.3 is 0 Å². The van der Waals surface area contributed by atoms with Crippen LogP contribution in [0.3, 0.4) is 0 Å². The van der Waals surface area contributed by atoms with Crippen LogP contribution in [0.4, 0.5) is 0 Å². The summed E-state index contributed by atoms with van der Waals surface area (Å²) in [6.07, 6.45) is 2.35. The molecule has 0 saturated carbocycles. The van der Waals surface area contributed by atoms with Crippen molar-refractivity contribution in [2.24, 2.45) is 5.16 Å². The van der Waals surface area contributed by atoms with E-state index in [4.69, 9.17) is 4.84 Å². The molecule has 2 unspecified atom stereocenters. The first-order valence-corrected chi connectivity index (χ1v) is 9.81. The highest BCUT2D eigenvalue weighted by atomic mass is 32.2. The van der Waals surface area contributed by atoms with Crippen LogP contribution in [-0.2, 0) is 4.84 Å². The SMILES string of the molecule is CCC(=NOC)C1=C(c2ccc3ccccc3c2)CC2CC(O)[C@@H]1S2. The number of fused-ring (bicyclic) bond motifs is 3. The molecular formula is C21H23NO2S. The molecular weight excluding hydrogens is 330 g/mol. The van der Waals surface area contributed by atoms with Crippen LogP contribution < -0.4 is 0 Å². The van der Waals surface area contributed by atoms with Gasteiger partial charge in [0.1, 0.15) is 7.11 Å². The lowest BCUT2D eigenvalue weighted by atomic mass is 9.90. The van der Waals surface area contributed by atoms with E-state index < -0.39 is 0 Å². The second kappa shape index (κ2) is 6.85. The minimum Gasteiger partial charge on any atom is -0.399 e. The number of thioether (sulfide) groups is 1. The highest BCUT2D eigenvalue weighted by molar-refractivity contribution is 8.01. The van der Waals surface area contributed by atoms with Gasteiger partial charge in [-0.05, 0) is 52.8 Å². The number of hydrogen-bond acceptors (Lipinski definition) is 4. The normalized spacial score (nSPS) is 26.4. The number of nitrogens with zero attached hydrogens (tertiary/aromatic N) is 1. The first-order chi connectivity index (χ1) is 12.2. The zero-order chi connectivity index (χ0) is 17.4. The Hall–Kier alpha value is -1.78. The van der Waals surface area contributed by atoms with Crippen LogP contribution in [0.25, 0.3) is 16.3 Å². The summed E-state index contributed by atoms with van der Waals surface area (Å²) in [6, 6.07) is 15.1. The summed E-state index contributed by atoms with van der Waals surface area (Å²) in [7, 11) is 1.59. The molecule has 2 aromatic rings. The Balaban J connectivity index is 1.89. The van der Waals surface area contributed by atoms with Gasteiger partial charge in [0.05, 0.1) is 17.1 Å². The molecule has 0 aromatic heterocycles. The minimum absolute atomic E-state index is 0.106. The summed E-state index contributed by atoms with van der Waals surface area (Å²) < 4.78 is 0. The lowest BCUT2D eigenvalue weighted by molar-refractivity contribution is 0.181. The monoisotopic (exact) mass is 353 g/mol. The second-order valence-corrected chi connectivity index (χ2v) is 8.16. The molecule has 1 N–H and O–H groups in total. The summed E-state index contributed by atoms with van der Waals surface area (Å²) in [6.45, 7) is 2.10. The fraction of sp³-hybridized carbons (Fsp3) is 0.381. The van der Waals surface area contributed by atoms with Crippen molar-refractivity contribution in [1.29, 1.82) is 0 Å². The molecule has 0 radical (unpaired) electrons. The van der Waals surface area contributed by atoms with Crippen LogP contribution in [0.15, 0.2) is 53.2 Å². The quantitative estimate of drug-likeness (QED) is 0.643. The molecule has 0 aliphatic carbocycles. The van der Waals surface area contributed by atoms with Gasteiger partial charge in [-0.15, -0.1) is 11.8 Å². The third kappa shape index (κ3) is 2.98. The first kappa shape index (κ1) is 16.7. The number of benzene rings is 2. The maximum absolute atomic E-state index is 10.6. The van der Waals surface area contributed by atoms with Gasteiger partial charge in [-0.25, -0.2) is 0 Å². The van der Waals surface area contributed by atoms with Gasteiger partial charge in [-0.3, -0.25) is 0 Å². The fourth-order valence-corrected chi connectivity index (χ4v) is 5.74. The molecule has 2 bridgehead atoms. The summed E-state index contributed by atoms with van der Waals surface area (Å²) in [4.78, 5) is 5.11. The zero-order valence-corrected chi connectivity index (χ0v) is 15.4. The molecule has 25 heavy (non-hydrogen) atoms. The lowest BCUT2D eigenvalue weighted by Gasteiger charge is -2.28. The third-order valence-electron chi connectivity index (χ3n) is 5.18. The predicted molar refractivity (Wildman–Crippen MR) is 106 cm³/mol. The molecule has 4 heteroatoms. The van der Waals surface area contributed by atoms with Crippen LogP contribution in [-0.4, -0.2) is 34.5 Å². The molecule has 130 valence electrons. The first-order valence-electron chi connectivity index (χ1n) is 8.87. The lowest BCUT2D eigenvalue weighted by Crippen LogP contribution is -2.26. The molecule has 1 saturated heterocycles. The van der Waals surface area contributed by atoms with Crippen molar-refractivity contribution in [3.63, 3.8) is 0 Å². The van der Waals surface area contributed by atoms with Crippen molar-refractivity contribution < 1.29 is 9.94 Å². The van der Waals surface area contributed by atoms with Gasteiger partial charge in [0.15, 0.2) is 0 Å². The van der Waals surface area contributed by atoms with Crippen molar-refractivity contribution in [3.8, 4) is 0 Å². The number of rotatable bonds is 4. The maximum atomic E-state index is 10.6. The minimum atomic E-state index is -0.295. The Bertz CT molecular complexity index is 858. The van der Waals surface area contributed by atoms with Crippen LogP contribution in [0.5, 0.6) is 0 Å². The van der Waals surface area contributed by atoms with E-state index in [-0.39, 0.29) is 11.4 Å². The number of oxime groups is 1. The van der Waals surface area contributed by atoms with Crippen LogP contribution in [0.2, 0.25) is 0 Å². The molecule has 4 rings (SSSR count). The molecule has 0 amide bonds. The van der Waals surface area contributed by atoms with E-state index in [2.05, 4.69) is 54.5 Å². The third-order valence-corrected chi connectivity index (χ3v) is 6.77. The fourth-order valence-electron chi connectivity index (χ4n) is 4.05. The predicted octanol–water partition coefficient (Wildman–Crippen LogP) is 4.64. The Morgan fingerprint density at radius 2 is 2.04 bits per heavy atom. The van der Waals surface area contributed by atoms with E-state index >= 15 is 0 Å². The average Bonchev–Trinajstić information content (AvgIpc) is 2.94. The molecule has 2 heterocycles. The van der Waals surface area contributed by atoms with Crippen molar-refractivity contribution in [2.45, 2.75) is 42.8 Å². The van der Waals surface area contributed by atoms with E-state index in [1.54, 1.807) is 7.11 Å². The van der Waals surface area contributed by atoms with Gasteiger partial charge in [0, 0.05) is 5.25 Å². The molecule has 1 fully saturated rings. The highest BCUT2D eigenvalue weighted by Crippen LogP contribution is 2.50. The number of aliphatic hydroxyl groups excluding tert-OH is 1. The van der Waals surface area contributed by atoms with Crippen molar-refractivity contribution >= 4 is 33.8 Å². The van der Waals surface area contributed by atoms with Gasteiger partial charge in [0.2, 0.25) is 0 Å². The summed E-state index contributed by atoms with van der Waals surface area (Å²) >= 11 is 1.90. The molecule has 0 spiro atoms. The van der Waals surface area contributed by atoms with Crippen LogP contribution >= 0.6 is 11.8 Å². The highest BCUT2D eigenvalue weighted by Gasteiger charge is 2.43. The van der Waals surface area contributed by atoms with E-state index in [9.17, 15) is 5.11 Å². The average molecular weight is 353 g/mol. The summed E-state index contributed by atoms with van der Waals surface area (Å²) in [5, 5.41) is 18.0. The summed E-state index contributed by atoms with van der Waals surface area (Å²) in [5.41, 5.74) is 4.72. The van der Waals surface area contributed by atoms with Crippen LogP contribution in [0.1, 0.15) is 31.7 Å². The van der Waals surface area contributed by atoms with E-state index in [0.29, 0.717) is 5.25 Å². The van der Waals surface area contributed by atoms with E-state index in [1.165, 1.54) is 27.5 Å². The van der Waals surface area contributed by atoms with Crippen molar-refractivity contribution in [3.05, 3.63) is 53.6 Å². The number of allylic oxidation sites excluding steroid dienone is 1. The van der Waals surface area contributed by atoms with Gasteiger partial charge in [-0.2, -0.15) is 0 Å². The Labute approximate surface area is 152 Å². The largest absolute Gasteiger partial charge is 0.399 e. The van der Waals surface area contributed by atoms with Crippen molar-refractivity contribution in [1.82, 2.24) is 0 Å². The molecule has 2 aliphatic rings. The maximum Gasteiger partial charge on any atom is 0.106 e. The number of hydrogen-bond donors (Lipinski definition) is 1. The molecule has 2 aromatic carbocycles. The van der Waals surface area contributed by atoms with Gasteiger partial charge < -0.3 is 9.94 Å². The Morgan fingerprint density at radius 3 is 2.80 bits per heavy atom. The molecule has 3 nitrogen and oxygen atoms in total. The van der Waals surface area contributed by atoms with Crippen molar-refractivity contribution in [2.75, 3.05) is 7.11 Å². The van der Waals surface area contributed by atoms with Gasteiger partial charge in [0.25, 0.3) is 0 Å². The summed E-state index contributed by atoms with van der Waals surface area (Å²) in [5.74, 6) is 0. The second-order valence-electron chi connectivity index (χ2n) is 6.71. The topological polar surface area (TPSA) is 41.8 Å². The van der Waals surface area contributed by atoms with E-state index in [1.807, 2.05) is 11.8 Å². The van der Waals surface area contributed by atoms with Crippen LogP contribution in [0, 0.1) is 0 Å². The Kier molecular flexibility index (Phi) is 4.57. The zero-order valence-electron chi connectivity index (χ0n) is 14.6. The van der Waals surface area contributed by atoms with E-state index in [0.717, 1.165) is 25.0 Å². The molecule has 2 aliphatic heterocycles. The number of aliphatic hydroxyl groups is 1. The molecule has 3 atom stereocenters. The smallest absolute Gasteiger partial charge is 0.106 e. The Morgan fingerprint density at radius 1 is 1.24 bits per heavy atom. The van der Waals surface area contributed by atoms with Gasteiger partial charge in [-0.1, -0.05) is 48.5 Å².